The highest BCUT2D eigenvalue weighted by molar-refractivity contribution is 9.10. The Hall–Kier alpha value is -2.08. The molecule has 1 aromatic heterocycles. The van der Waals surface area contributed by atoms with Crippen LogP contribution in [0.15, 0.2) is 50.6 Å². The lowest BCUT2D eigenvalue weighted by atomic mass is 10.3. The third kappa shape index (κ3) is 4.92. The molecule has 0 unspecified atom stereocenters. The zero-order valence-electron chi connectivity index (χ0n) is 15.8. The van der Waals surface area contributed by atoms with Gasteiger partial charge in [0.05, 0.1) is 18.0 Å². The van der Waals surface area contributed by atoms with Crippen LogP contribution in [-0.2, 0) is 21.3 Å². The second-order valence-electron chi connectivity index (χ2n) is 6.42. The van der Waals surface area contributed by atoms with Crippen LogP contribution < -0.4 is 5.56 Å². The number of aromatic nitrogens is 2. The lowest BCUT2D eigenvalue weighted by Gasteiger charge is -2.33. The average molecular weight is 485 g/mol. The summed E-state index contributed by atoms with van der Waals surface area (Å²) in [4.78, 5) is 26.3. The number of carbonyl (C=O) groups is 1. The van der Waals surface area contributed by atoms with Gasteiger partial charge in [0.15, 0.2) is 0 Å². The summed E-state index contributed by atoms with van der Waals surface area (Å²) >= 11 is 3.29. The molecule has 3 rings (SSSR count). The van der Waals surface area contributed by atoms with Crippen LogP contribution in [0.5, 0.6) is 0 Å². The fourth-order valence-corrected chi connectivity index (χ4v) is 4.64. The molecule has 0 radical (unpaired) electrons. The van der Waals surface area contributed by atoms with Crippen molar-refractivity contribution in [2.45, 2.75) is 11.4 Å². The minimum Gasteiger partial charge on any atom is -0.383 e. The van der Waals surface area contributed by atoms with Gasteiger partial charge in [-0.3, -0.25) is 9.59 Å². The number of hydrogen-bond acceptors (Lipinski definition) is 6. The van der Waals surface area contributed by atoms with Crippen molar-refractivity contribution in [1.29, 1.82) is 0 Å². The van der Waals surface area contributed by atoms with Crippen LogP contribution in [0.1, 0.15) is 10.5 Å². The van der Waals surface area contributed by atoms with E-state index < -0.39 is 10.0 Å². The molecule has 9 nitrogen and oxygen atoms in total. The number of rotatable bonds is 6. The van der Waals surface area contributed by atoms with Crippen molar-refractivity contribution in [3.05, 3.63) is 56.9 Å². The average Bonchev–Trinajstić information content (AvgIpc) is 2.73. The summed E-state index contributed by atoms with van der Waals surface area (Å²) < 4.78 is 33.8. The Morgan fingerprint density at radius 1 is 1.10 bits per heavy atom. The van der Waals surface area contributed by atoms with Gasteiger partial charge in [-0.05, 0) is 30.3 Å². The fraction of sp³-hybridized carbons (Fsp3) is 0.389. The maximum absolute atomic E-state index is 12.8. The van der Waals surface area contributed by atoms with E-state index in [4.69, 9.17) is 4.74 Å². The zero-order valence-corrected chi connectivity index (χ0v) is 18.2. The Bertz CT molecular complexity index is 1030. The molecule has 0 atom stereocenters. The molecule has 0 bridgehead atoms. The number of amides is 1. The molecule has 1 saturated heterocycles. The Morgan fingerprint density at radius 3 is 2.38 bits per heavy atom. The number of sulfonamides is 1. The standard InChI is InChI=1S/C18H21BrN4O5S/c1-28-13-12-23-17(24)7-6-16(20-23)18(25)21-8-10-22(11-9-21)29(26,27)15-4-2-14(19)3-5-15/h2-7H,8-13H2,1H3. The number of nitrogens with zero attached hydrogens (tertiary/aromatic N) is 4. The molecule has 2 heterocycles. The van der Waals surface area contributed by atoms with Crippen LogP contribution in [0.3, 0.4) is 0 Å². The van der Waals surface area contributed by atoms with E-state index in [-0.39, 0.29) is 54.8 Å². The molecule has 156 valence electrons. The van der Waals surface area contributed by atoms with Crippen LogP contribution >= 0.6 is 15.9 Å². The summed E-state index contributed by atoms with van der Waals surface area (Å²) in [6, 6.07) is 9.13. The van der Waals surface area contributed by atoms with E-state index in [1.165, 1.54) is 28.2 Å². The van der Waals surface area contributed by atoms with Gasteiger partial charge >= 0.3 is 0 Å². The van der Waals surface area contributed by atoms with Crippen molar-refractivity contribution >= 4 is 31.9 Å². The highest BCUT2D eigenvalue weighted by atomic mass is 79.9. The second-order valence-corrected chi connectivity index (χ2v) is 9.28. The van der Waals surface area contributed by atoms with E-state index in [0.717, 1.165) is 4.47 Å². The molecular weight excluding hydrogens is 464 g/mol. The van der Waals surface area contributed by atoms with Crippen LogP contribution in [0.2, 0.25) is 0 Å². The van der Waals surface area contributed by atoms with Gasteiger partial charge in [0.2, 0.25) is 10.0 Å². The second kappa shape index (κ2) is 9.16. The first-order chi connectivity index (χ1) is 13.8. The number of carbonyl (C=O) groups excluding carboxylic acids is 1. The number of piperazine rings is 1. The summed E-state index contributed by atoms with van der Waals surface area (Å²) in [7, 11) is -2.10. The lowest BCUT2D eigenvalue weighted by molar-refractivity contribution is 0.0688. The largest absolute Gasteiger partial charge is 0.383 e. The van der Waals surface area contributed by atoms with E-state index in [0.29, 0.717) is 6.61 Å². The Labute approximate surface area is 177 Å². The number of halogens is 1. The number of ether oxygens (including phenoxy) is 1. The molecule has 1 amide bonds. The molecule has 0 saturated carbocycles. The Balaban J connectivity index is 1.68. The van der Waals surface area contributed by atoms with Crippen molar-refractivity contribution in [3.63, 3.8) is 0 Å². The Morgan fingerprint density at radius 2 is 1.76 bits per heavy atom. The van der Waals surface area contributed by atoms with Crippen LogP contribution in [0, 0.1) is 0 Å². The summed E-state index contributed by atoms with van der Waals surface area (Å²) in [5, 5.41) is 4.11. The van der Waals surface area contributed by atoms with Gasteiger partial charge in [0.25, 0.3) is 11.5 Å². The summed E-state index contributed by atoms with van der Waals surface area (Å²) in [6.07, 6.45) is 0. The van der Waals surface area contributed by atoms with Crippen LogP contribution in [-0.4, -0.2) is 73.2 Å². The van der Waals surface area contributed by atoms with Crippen LogP contribution in [0.25, 0.3) is 0 Å². The van der Waals surface area contributed by atoms with Gasteiger partial charge in [-0.1, -0.05) is 15.9 Å². The van der Waals surface area contributed by atoms with Gasteiger partial charge in [0.1, 0.15) is 5.69 Å². The minimum atomic E-state index is -3.62. The monoisotopic (exact) mass is 484 g/mol. The molecule has 1 aliphatic heterocycles. The molecular formula is C18H21BrN4O5S. The minimum absolute atomic E-state index is 0.143. The molecule has 29 heavy (non-hydrogen) atoms. The van der Waals surface area contributed by atoms with E-state index in [9.17, 15) is 18.0 Å². The molecule has 1 fully saturated rings. The van der Waals surface area contributed by atoms with Crippen molar-refractivity contribution in [3.8, 4) is 0 Å². The van der Waals surface area contributed by atoms with E-state index in [2.05, 4.69) is 21.0 Å². The molecule has 11 heteroatoms. The van der Waals surface area contributed by atoms with Crippen molar-refractivity contribution in [1.82, 2.24) is 19.0 Å². The smallest absolute Gasteiger partial charge is 0.274 e. The van der Waals surface area contributed by atoms with Gasteiger partial charge in [-0.25, -0.2) is 13.1 Å². The zero-order chi connectivity index (χ0) is 21.0. The number of benzene rings is 1. The van der Waals surface area contributed by atoms with Crippen molar-refractivity contribution in [2.75, 3.05) is 39.9 Å². The normalized spacial score (nSPS) is 15.4. The fourth-order valence-electron chi connectivity index (χ4n) is 2.95. The number of methoxy groups -OCH3 is 1. The van der Waals surface area contributed by atoms with Gasteiger partial charge < -0.3 is 9.64 Å². The molecule has 1 aliphatic rings. The first-order valence-electron chi connectivity index (χ1n) is 8.95. The van der Waals surface area contributed by atoms with Crippen molar-refractivity contribution in [2.24, 2.45) is 0 Å². The first kappa shape index (κ1) is 21.6. The van der Waals surface area contributed by atoms with Gasteiger partial charge in [0, 0.05) is 43.8 Å². The highest BCUT2D eigenvalue weighted by Crippen LogP contribution is 2.20. The Kier molecular flexibility index (Phi) is 6.83. The summed E-state index contributed by atoms with van der Waals surface area (Å²) in [6.45, 7) is 1.41. The number of hydrogen-bond donors (Lipinski definition) is 0. The summed E-state index contributed by atoms with van der Waals surface area (Å²) in [5.41, 5.74) is -0.172. The molecule has 1 aromatic carbocycles. The van der Waals surface area contributed by atoms with E-state index in [1.54, 1.807) is 29.2 Å². The topological polar surface area (TPSA) is 102 Å². The highest BCUT2D eigenvalue weighted by Gasteiger charge is 2.31. The maximum Gasteiger partial charge on any atom is 0.274 e. The maximum atomic E-state index is 12.8. The quantitative estimate of drug-likeness (QED) is 0.600. The predicted molar refractivity (Wildman–Crippen MR) is 109 cm³/mol. The van der Waals surface area contributed by atoms with E-state index in [1.807, 2.05) is 0 Å². The van der Waals surface area contributed by atoms with Crippen molar-refractivity contribution < 1.29 is 17.9 Å². The molecule has 0 aliphatic carbocycles. The predicted octanol–water partition coefficient (Wildman–Crippen LogP) is 0.799. The third-order valence-corrected chi connectivity index (χ3v) is 7.01. The first-order valence-corrected chi connectivity index (χ1v) is 11.2. The third-order valence-electron chi connectivity index (χ3n) is 4.57. The molecule has 0 spiro atoms. The molecule has 2 aromatic rings. The SMILES string of the molecule is COCCn1nc(C(=O)N2CCN(S(=O)(=O)c3ccc(Br)cc3)CC2)ccc1=O. The van der Waals surface area contributed by atoms with E-state index >= 15 is 0 Å². The van der Waals surface area contributed by atoms with Gasteiger partial charge in [-0.2, -0.15) is 9.40 Å². The lowest BCUT2D eigenvalue weighted by Crippen LogP contribution is -2.50. The molecule has 0 N–H and O–H groups in total. The van der Waals surface area contributed by atoms with Gasteiger partial charge in [-0.15, -0.1) is 0 Å². The van der Waals surface area contributed by atoms with Crippen LogP contribution in [0.4, 0.5) is 0 Å². The summed E-state index contributed by atoms with van der Waals surface area (Å²) in [5.74, 6) is -0.336.